The quantitative estimate of drug-likeness (QED) is 0.296. The Hall–Kier alpha value is -2.78. The van der Waals surface area contributed by atoms with Crippen molar-refractivity contribution in [3.8, 4) is 5.69 Å². The smallest absolute Gasteiger partial charge is 0.232 e. The Bertz CT molecular complexity index is 1040. The number of carbonyl (C=O) groups is 1. The Balaban J connectivity index is 1.45. The van der Waals surface area contributed by atoms with Crippen LogP contribution >= 0.6 is 11.8 Å². The van der Waals surface area contributed by atoms with Gasteiger partial charge in [0.2, 0.25) is 5.95 Å². The molecule has 0 atom stereocenters. The molecule has 0 saturated carbocycles. The van der Waals surface area contributed by atoms with Crippen LogP contribution in [0, 0.1) is 11.6 Å². The second-order valence-corrected chi connectivity index (χ2v) is 8.14. The third kappa shape index (κ3) is 5.29. The fourth-order valence-corrected chi connectivity index (χ4v) is 4.23. The first kappa shape index (κ1) is 21.5. The predicted molar refractivity (Wildman–Crippen MR) is 115 cm³/mol. The van der Waals surface area contributed by atoms with Crippen molar-refractivity contribution in [1.29, 1.82) is 0 Å². The predicted octanol–water partition coefficient (Wildman–Crippen LogP) is 4.14. The number of ether oxygens (including phenoxy) is 1. The van der Waals surface area contributed by atoms with Gasteiger partial charge in [0.1, 0.15) is 11.6 Å². The summed E-state index contributed by atoms with van der Waals surface area (Å²) in [5, 5.41) is 9.32. The molecule has 2 heterocycles. The van der Waals surface area contributed by atoms with E-state index in [1.54, 1.807) is 6.07 Å². The molecule has 0 aliphatic carbocycles. The second-order valence-electron chi connectivity index (χ2n) is 7.08. The van der Waals surface area contributed by atoms with Crippen molar-refractivity contribution in [3.63, 3.8) is 0 Å². The van der Waals surface area contributed by atoms with Crippen LogP contribution in [0.15, 0.2) is 53.7 Å². The number of hydrogen-bond acceptors (Lipinski definition) is 6. The summed E-state index contributed by atoms with van der Waals surface area (Å²) in [4.78, 5) is 14.4. The van der Waals surface area contributed by atoms with E-state index in [1.807, 2.05) is 10.6 Å². The molecule has 2 aromatic carbocycles. The third-order valence-electron chi connectivity index (χ3n) is 4.92. The maximum absolute atomic E-state index is 13.9. The van der Waals surface area contributed by atoms with Gasteiger partial charge >= 0.3 is 0 Å². The minimum atomic E-state index is -0.361. The SMILES string of the molecule is O=C(CCCSc1nnc(N2CCOCC2)n1-c1cccc(F)c1)c1ccc(F)cc1. The Morgan fingerprint density at radius 1 is 1.03 bits per heavy atom. The molecule has 1 aliphatic heterocycles. The van der Waals surface area contributed by atoms with E-state index in [1.165, 1.54) is 48.2 Å². The van der Waals surface area contributed by atoms with E-state index in [4.69, 9.17) is 4.74 Å². The van der Waals surface area contributed by atoms with Gasteiger partial charge < -0.3 is 9.64 Å². The minimum Gasteiger partial charge on any atom is -0.378 e. The van der Waals surface area contributed by atoms with Crippen molar-refractivity contribution in [1.82, 2.24) is 14.8 Å². The molecule has 0 bridgehead atoms. The zero-order valence-electron chi connectivity index (χ0n) is 16.8. The van der Waals surface area contributed by atoms with Gasteiger partial charge in [-0.3, -0.25) is 9.36 Å². The van der Waals surface area contributed by atoms with E-state index < -0.39 is 0 Å². The second kappa shape index (κ2) is 10.0. The largest absolute Gasteiger partial charge is 0.378 e. The number of anilines is 1. The average Bonchev–Trinajstić information content (AvgIpc) is 3.21. The van der Waals surface area contributed by atoms with E-state index in [9.17, 15) is 13.6 Å². The highest BCUT2D eigenvalue weighted by Crippen LogP contribution is 2.28. The van der Waals surface area contributed by atoms with E-state index in [-0.39, 0.29) is 17.4 Å². The van der Waals surface area contributed by atoms with E-state index >= 15 is 0 Å². The number of ketones is 1. The highest BCUT2D eigenvalue weighted by atomic mass is 32.2. The molecule has 9 heteroatoms. The van der Waals surface area contributed by atoms with Gasteiger partial charge in [-0.1, -0.05) is 17.8 Å². The summed E-state index contributed by atoms with van der Waals surface area (Å²) in [7, 11) is 0. The monoisotopic (exact) mass is 444 g/mol. The maximum atomic E-state index is 13.9. The van der Waals surface area contributed by atoms with Crippen LogP contribution in [0.1, 0.15) is 23.2 Å². The number of hydrogen-bond donors (Lipinski definition) is 0. The first-order valence-electron chi connectivity index (χ1n) is 10.1. The average molecular weight is 445 g/mol. The number of halogens is 2. The van der Waals surface area contributed by atoms with Gasteiger partial charge in [0, 0.05) is 30.8 Å². The molecule has 1 aromatic heterocycles. The normalized spacial score (nSPS) is 14.1. The molecule has 1 aliphatic rings. The van der Waals surface area contributed by atoms with E-state index in [0.29, 0.717) is 67.3 Å². The summed E-state index contributed by atoms with van der Waals surface area (Å²) in [6.45, 7) is 2.57. The minimum absolute atomic E-state index is 0.0267. The topological polar surface area (TPSA) is 60.3 Å². The zero-order chi connectivity index (χ0) is 21.6. The molecule has 162 valence electrons. The number of benzene rings is 2. The maximum Gasteiger partial charge on any atom is 0.232 e. The lowest BCUT2D eigenvalue weighted by Crippen LogP contribution is -2.37. The van der Waals surface area contributed by atoms with Crippen LogP contribution in [0.4, 0.5) is 14.7 Å². The summed E-state index contributed by atoms with van der Waals surface area (Å²) in [5.41, 5.74) is 1.15. The first-order chi connectivity index (χ1) is 15.1. The van der Waals surface area contributed by atoms with Crippen LogP contribution < -0.4 is 4.90 Å². The van der Waals surface area contributed by atoms with Crippen LogP contribution in [0.3, 0.4) is 0 Å². The van der Waals surface area contributed by atoms with E-state index in [2.05, 4.69) is 15.1 Å². The molecular formula is C22H22F2N4O2S. The Kier molecular flexibility index (Phi) is 6.93. The van der Waals surface area contributed by atoms with Gasteiger partial charge in [-0.2, -0.15) is 0 Å². The molecule has 3 aromatic rings. The number of Topliss-reactive ketones (excluding diaryl/α,β-unsaturated/α-hetero) is 1. The van der Waals surface area contributed by atoms with Gasteiger partial charge in [0.05, 0.1) is 18.9 Å². The number of aromatic nitrogens is 3. The van der Waals surface area contributed by atoms with Crippen LogP contribution in [0.5, 0.6) is 0 Å². The fraction of sp³-hybridized carbons (Fsp3) is 0.318. The number of thioether (sulfide) groups is 1. The Labute approximate surface area is 183 Å². The number of nitrogens with zero attached hydrogens (tertiary/aromatic N) is 4. The van der Waals surface area contributed by atoms with Crippen molar-refractivity contribution < 1.29 is 18.3 Å². The first-order valence-corrected chi connectivity index (χ1v) is 11.1. The number of carbonyl (C=O) groups excluding carboxylic acids is 1. The Morgan fingerprint density at radius 2 is 1.81 bits per heavy atom. The van der Waals surface area contributed by atoms with Crippen LogP contribution in [0.25, 0.3) is 5.69 Å². The standard InChI is InChI=1S/C22H22F2N4O2S/c23-17-8-6-16(7-9-17)20(29)5-2-14-31-22-26-25-21(27-10-12-30-13-11-27)28(22)19-4-1-3-18(24)15-19/h1,3-4,6-9,15H,2,5,10-14H2. The molecule has 0 unspecified atom stereocenters. The van der Waals surface area contributed by atoms with Crippen LogP contribution in [0.2, 0.25) is 0 Å². The van der Waals surface area contributed by atoms with Gasteiger partial charge in [-0.15, -0.1) is 10.2 Å². The molecule has 0 radical (unpaired) electrons. The molecule has 0 spiro atoms. The van der Waals surface area contributed by atoms with Gasteiger partial charge in [-0.25, -0.2) is 8.78 Å². The van der Waals surface area contributed by atoms with Crippen molar-refractivity contribution >= 4 is 23.5 Å². The molecule has 0 amide bonds. The number of morpholine rings is 1. The third-order valence-corrected chi connectivity index (χ3v) is 5.94. The molecule has 1 fully saturated rings. The fourth-order valence-electron chi connectivity index (χ4n) is 3.34. The van der Waals surface area contributed by atoms with Crippen molar-refractivity contribution in [2.45, 2.75) is 18.0 Å². The Morgan fingerprint density at radius 3 is 2.55 bits per heavy atom. The van der Waals surface area contributed by atoms with Crippen LogP contribution in [-0.4, -0.2) is 52.6 Å². The summed E-state index contributed by atoms with van der Waals surface area (Å²) >= 11 is 1.47. The molecule has 31 heavy (non-hydrogen) atoms. The molecule has 4 rings (SSSR count). The molecule has 1 saturated heterocycles. The highest BCUT2D eigenvalue weighted by molar-refractivity contribution is 7.99. The molecule has 6 nitrogen and oxygen atoms in total. The molecule has 0 N–H and O–H groups in total. The zero-order valence-corrected chi connectivity index (χ0v) is 17.7. The highest BCUT2D eigenvalue weighted by Gasteiger charge is 2.22. The summed E-state index contributed by atoms with van der Waals surface area (Å²) in [6.07, 6.45) is 0.979. The lowest BCUT2D eigenvalue weighted by atomic mass is 10.1. The summed E-state index contributed by atoms with van der Waals surface area (Å²) < 4.78 is 34.2. The van der Waals surface area contributed by atoms with Crippen molar-refractivity contribution in [2.24, 2.45) is 0 Å². The van der Waals surface area contributed by atoms with Crippen molar-refractivity contribution in [2.75, 3.05) is 37.0 Å². The van der Waals surface area contributed by atoms with Gasteiger partial charge in [0.15, 0.2) is 10.9 Å². The van der Waals surface area contributed by atoms with Crippen LogP contribution in [-0.2, 0) is 4.74 Å². The number of rotatable bonds is 8. The summed E-state index contributed by atoms with van der Waals surface area (Å²) in [6, 6.07) is 11.9. The lowest BCUT2D eigenvalue weighted by Gasteiger charge is -2.27. The van der Waals surface area contributed by atoms with Crippen molar-refractivity contribution in [3.05, 3.63) is 65.7 Å². The summed E-state index contributed by atoms with van der Waals surface area (Å²) in [5.74, 6) is 0.573. The lowest BCUT2D eigenvalue weighted by molar-refractivity contribution is 0.0982. The van der Waals surface area contributed by atoms with E-state index in [0.717, 1.165) is 0 Å². The van der Waals surface area contributed by atoms with Gasteiger partial charge in [-0.05, 0) is 48.9 Å². The molecular weight excluding hydrogens is 422 g/mol. The van der Waals surface area contributed by atoms with Gasteiger partial charge in [0.25, 0.3) is 0 Å².